The van der Waals surface area contributed by atoms with Crippen LogP contribution in [0.3, 0.4) is 0 Å². The molecular formula is C30H28N4O3. The van der Waals surface area contributed by atoms with Crippen molar-refractivity contribution in [3.05, 3.63) is 108 Å². The Bertz CT molecular complexity index is 1460. The predicted molar refractivity (Wildman–Crippen MR) is 143 cm³/mol. The summed E-state index contributed by atoms with van der Waals surface area (Å²) in [6, 6.07) is 28.9. The van der Waals surface area contributed by atoms with Crippen LogP contribution in [0.1, 0.15) is 32.4 Å². The van der Waals surface area contributed by atoms with Crippen molar-refractivity contribution in [3.8, 4) is 28.2 Å². The minimum Gasteiger partial charge on any atom is -0.459 e. The maximum atomic E-state index is 12.9. The minimum atomic E-state index is -0.625. The first-order valence-corrected chi connectivity index (χ1v) is 12.2. The zero-order chi connectivity index (χ0) is 25.9. The van der Waals surface area contributed by atoms with Crippen molar-refractivity contribution in [1.82, 2.24) is 20.4 Å². The molecular weight excluding hydrogens is 464 g/mol. The smallest absolute Gasteiger partial charge is 0.338 e. The van der Waals surface area contributed by atoms with E-state index in [1.165, 1.54) is 0 Å². The lowest BCUT2D eigenvalue weighted by Gasteiger charge is -2.28. The second-order valence-corrected chi connectivity index (χ2v) is 9.17. The second kappa shape index (κ2) is 10.1. The van der Waals surface area contributed by atoms with Gasteiger partial charge in [0.15, 0.2) is 0 Å². The number of nitrogens with zero attached hydrogens (tertiary/aromatic N) is 2. The average Bonchev–Trinajstić information content (AvgIpc) is 3.34. The number of hydrogen-bond donors (Lipinski definition) is 2. The SMILES string of the molecule is CC1=C(C(=O)OC(C)C)C(c2ccc(-n3nc(-c4ccccc4)cc3-c3ccccc3)cc2)NC(=O)N1. The van der Waals surface area contributed by atoms with Gasteiger partial charge in [0.05, 0.1) is 34.8 Å². The van der Waals surface area contributed by atoms with Crippen molar-refractivity contribution in [3.63, 3.8) is 0 Å². The molecule has 1 aromatic heterocycles. The van der Waals surface area contributed by atoms with E-state index in [0.29, 0.717) is 11.3 Å². The Balaban J connectivity index is 1.54. The Morgan fingerprint density at radius 3 is 2.16 bits per heavy atom. The third kappa shape index (κ3) is 5.02. The number of allylic oxidation sites excluding steroid dienone is 1. The zero-order valence-electron chi connectivity index (χ0n) is 20.9. The van der Waals surface area contributed by atoms with E-state index in [9.17, 15) is 9.59 Å². The molecule has 0 radical (unpaired) electrons. The van der Waals surface area contributed by atoms with E-state index < -0.39 is 12.0 Å². The number of carbonyl (C=O) groups excluding carboxylic acids is 2. The summed E-state index contributed by atoms with van der Waals surface area (Å²) in [6.07, 6.45) is -0.275. The Kier molecular flexibility index (Phi) is 6.60. The van der Waals surface area contributed by atoms with Gasteiger partial charge in [0, 0.05) is 16.8 Å². The molecule has 0 saturated heterocycles. The summed E-state index contributed by atoms with van der Waals surface area (Å²) in [5.74, 6) is -0.458. The van der Waals surface area contributed by atoms with Crippen LogP contribution in [-0.2, 0) is 9.53 Å². The molecule has 5 rings (SSSR count). The van der Waals surface area contributed by atoms with Gasteiger partial charge in [0.2, 0.25) is 0 Å². The summed E-state index contributed by atoms with van der Waals surface area (Å²) in [5.41, 5.74) is 6.39. The summed E-state index contributed by atoms with van der Waals surface area (Å²) >= 11 is 0. The molecule has 4 aromatic rings. The standard InChI is InChI=1S/C30H28N4O3/c1-19(2)37-29(35)27-20(3)31-30(36)32-28(27)23-14-16-24(17-15-23)34-26(22-12-8-5-9-13-22)18-25(33-34)21-10-6-4-7-11-21/h4-19,28H,1-3H3,(H2,31,32,36). The van der Waals surface area contributed by atoms with Gasteiger partial charge >= 0.3 is 12.0 Å². The highest BCUT2D eigenvalue weighted by molar-refractivity contribution is 5.95. The van der Waals surface area contributed by atoms with Gasteiger partial charge in [-0.25, -0.2) is 14.3 Å². The van der Waals surface area contributed by atoms with E-state index in [4.69, 9.17) is 9.84 Å². The van der Waals surface area contributed by atoms with E-state index in [-0.39, 0.29) is 12.1 Å². The lowest BCUT2D eigenvalue weighted by Crippen LogP contribution is -2.45. The zero-order valence-corrected chi connectivity index (χ0v) is 20.9. The van der Waals surface area contributed by atoms with Gasteiger partial charge in [-0.3, -0.25) is 0 Å². The van der Waals surface area contributed by atoms with Gasteiger partial charge in [-0.2, -0.15) is 5.10 Å². The van der Waals surface area contributed by atoms with Crippen LogP contribution in [0.15, 0.2) is 102 Å². The number of benzene rings is 3. The lowest BCUT2D eigenvalue weighted by atomic mass is 9.95. The minimum absolute atomic E-state index is 0.275. The molecule has 1 atom stereocenters. The van der Waals surface area contributed by atoms with E-state index in [2.05, 4.69) is 28.8 Å². The van der Waals surface area contributed by atoms with Crippen LogP contribution in [0.25, 0.3) is 28.2 Å². The third-order valence-electron chi connectivity index (χ3n) is 6.15. The average molecular weight is 493 g/mol. The quantitative estimate of drug-likeness (QED) is 0.334. The Morgan fingerprint density at radius 1 is 0.919 bits per heavy atom. The van der Waals surface area contributed by atoms with Crippen LogP contribution in [0.2, 0.25) is 0 Å². The van der Waals surface area contributed by atoms with Crippen molar-refractivity contribution in [2.45, 2.75) is 32.9 Å². The first kappa shape index (κ1) is 24.1. The predicted octanol–water partition coefficient (Wildman–Crippen LogP) is 5.79. The highest BCUT2D eigenvalue weighted by Crippen LogP contribution is 2.31. The van der Waals surface area contributed by atoms with Crippen molar-refractivity contribution < 1.29 is 14.3 Å². The molecule has 2 heterocycles. The van der Waals surface area contributed by atoms with E-state index in [1.54, 1.807) is 20.8 Å². The fourth-order valence-electron chi connectivity index (χ4n) is 4.44. The molecule has 7 heteroatoms. The molecule has 3 aromatic carbocycles. The van der Waals surface area contributed by atoms with Gasteiger partial charge in [0.1, 0.15) is 0 Å². The number of ether oxygens (including phenoxy) is 1. The van der Waals surface area contributed by atoms with E-state index in [0.717, 1.165) is 33.8 Å². The molecule has 2 N–H and O–H groups in total. The van der Waals surface area contributed by atoms with Crippen molar-refractivity contribution in [2.24, 2.45) is 0 Å². The van der Waals surface area contributed by atoms with Gasteiger partial charge < -0.3 is 15.4 Å². The van der Waals surface area contributed by atoms with Gasteiger partial charge in [-0.1, -0.05) is 72.8 Å². The molecule has 0 bridgehead atoms. The van der Waals surface area contributed by atoms with E-state index in [1.807, 2.05) is 77.5 Å². The molecule has 186 valence electrons. The Morgan fingerprint density at radius 2 is 1.54 bits per heavy atom. The van der Waals surface area contributed by atoms with Gasteiger partial charge in [-0.15, -0.1) is 0 Å². The summed E-state index contributed by atoms with van der Waals surface area (Å²) in [6.45, 7) is 5.30. The van der Waals surface area contributed by atoms with Crippen molar-refractivity contribution in [2.75, 3.05) is 0 Å². The third-order valence-corrected chi connectivity index (χ3v) is 6.15. The molecule has 37 heavy (non-hydrogen) atoms. The second-order valence-electron chi connectivity index (χ2n) is 9.17. The molecule has 0 saturated carbocycles. The van der Waals surface area contributed by atoms with Crippen molar-refractivity contribution in [1.29, 1.82) is 0 Å². The molecule has 1 unspecified atom stereocenters. The Hall–Kier alpha value is -4.65. The van der Waals surface area contributed by atoms with Crippen LogP contribution < -0.4 is 10.6 Å². The normalized spacial score (nSPS) is 15.4. The molecule has 0 aliphatic carbocycles. The number of aromatic nitrogens is 2. The number of esters is 1. The molecule has 0 fully saturated rings. The van der Waals surface area contributed by atoms with Crippen LogP contribution >= 0.6 is 0 Å². The molecule has 1 aliphatic heterocycles. The van der Waals surface area contributed by atoms with Crippen LogP contribution in [0.5, 0.6) is 0 Å². The number of hydrogen-bond acceptors (Lipinski definition) is 4. The molecule has 0 spiro atoms. The van der Waals surface area contributed by atoms with E-state index >= 15 is 0 Å². The monoisotopic (exact) mass is 492 g/mol. The fraction of sp³-hybridized carbons (Fsp3) is 0.167. The summed E-state index contributed by atoms with van der Waals surface area (Å²) in [4.78, 5) is 25.1. The molecule has 7 nitrogen and oxygen atoms in total. The number of rotatable bonds is 6. The molecule has 1 aliphatic rings. The largest absolute Gasteiger partial charge is 0.459 e. The van der Waals surface area contributed by atoms with Crippen LogP contribution in [0, 0.1) is 0 Å². The lowest BCUT2D eigenvalue weighted by molar-refractivity contribution is -0.143. The number of amides is 2. The van der Waals surface area contributed by atoms with Crippen LogP contribution in [0.4, 0.5) is 4.79 Å². The first-order valence-electron chi connectivity index (χ1n) is 12.2. The Labute approximate surface area is 215 Å². The summed E-state index contributed by atoms with van der Waals surface area (Å²) in [5, 5.41) is 10.5. The number of carbonyl (C=O) groups is 2. The summed E-state index contributed by atoms with van der Waals surface area (Å²) in [7, 11) is 0. The number of nitrogens with one attached hydrogen (secondary N) is 2. The van der Waals surface area contributed by atoms with Gasteiger partial charge in [-0.05, 0) is 44.5 Å². The van der Waals surface area contributed by atoms with Crippen LogP contribution in [-0.4, -0.2) is 27.9 Å². The highest BCUT2D eigenvalue weighted by atomic mass is 16.5. The summed E-state index contributed by atoms with van der Waals surface area (Å²) < 4.78 is 7.36. The molecule has 2 amide bonds. The first-order chi connectivity index (χ1) is 17.9. The van der Waals surface area contributed by atoms with Crippen molar-refractivity contribution >= 4 is 12.0 Å². The maximum Gasteiger partial charge on any atom is 0.338 e. The number of urea groups is 1. The highest BCUT2D eigenvalue weighted by Gasteiger charge is 2.32. The van der Waals surface area contributed by atoms with Gasteiger partial charge in [0.25, 0.3) is 0 Å². The fourth-order valence-corrected chi connectivity index (χ4v) is 4.44. The maximum absolute atomic E-state index is 12.9. The topological polar surface area (TPSA) is 85.2 Å².